The Labute approximate surface area is 91.1 Å². The van der Waals surface area contributed by atoms with Gasteiger partial charge in [-0.05, 0) is 37.0 Å². The maximum Gasteiger partial charge on any atom is 0.0694 e. The predicted molar refractivity (Wildman–Crippen MR) is 63.5 cm³/mol. The molecule has 15 heavy (non-hydrogen) atoms. The topological polar surface area (TPSA) is 72.3 Å². The normalized spacial score (nSPS) is 17.1. The van der Waals surface area contributed by atoms with Crippen LogP contribution in [-0.4, -0.2) is 17.3 Å². The summed E-state index contributed by atoms with van der Waals surface area (Å²) in [6, 6.07) is 7.57. The fourth-order valence-electron chi connectivity index (χ4n) is 1.54. The van der Waals surface area contributed by atoms with Crippen LogP contribution in [0.1, 0.15) is 31.7 Å². The van der Waals surface area contributed by atoms with Crippen LogP contribution in [0.5, 0.6) is 0 Å². The Balaban J connectivity index is 2.61. The summed E-state index contributed by atoms with van der Waals surface area (Å²) in [5, 5.41) is 9.66. The van der Waals surface area contributed by atoms with E-state index in [1.807, 2.05) is 31.2 Å². The molecule has 0 aliphatic rings. The molecule has 0 bridgehead atoms. The van der Waals surface area contributed by atoms with E-state index in [0.717, 1.165) is 5.69 Å². The van der Waals surface area contributed by atoms with E-state index in [2.05, 4.69) is 6.92 Å². The zero-order valence-electron chi connectivity index (χ0n) is 9.35. The Bertz CT molecular complexity index is 295. The molecular formula is C12H20N2O. The minimum absolute atomic E-state index is 0.179. The molecule has 3 atom stereocenters. The van der Waals surface area contributed by atoms with Crippen LogP contribution in [-0.2, 0) is 0 Å². The van der Waals surface area contributed by atoms with Crippen molar-refractivity contribution in [2.45, 2.75) is 38.3 Å². The SMILES string of the molecule is CC(CC(O)C(C)N)c1ccc(N)cc1. The molecule has 3 unspecified atom stereocenters. The number of hydrogen-bond acceptors (Lipinski definition) is 3. The fraction of sp³-hybridized carbons (Fsp3) is 0.500. The lowest BCUT2D eigenvalue weighted by Crippen LogP contribution is -2.32. The molecule has 3 nitrogen and oxygen atoms in total. The average Bonchev–Trinajstić information content (AvgIpc) is 2.18. The number of benzene rings is 1. The Morgan fingerprint density at radius 3 is 2.20 bits per heavy atom. The zero-order valence-corrected chi connectivity index (χ0v) is 9.35. The molecule has 3 heteroatoms. The average molecular weight is 208 g/mol. The highest BCUT2D eigenvalue weighted by atomic mass is 16.3. The Kier molecular flexibility index (Phi) is 4.12. The van der Waals surface area contributed by atoms with E-state index >= 15 is 0 Å². The van der Waals surface area contributed by atoms with Crippen LogP contribution in [0.3, 0.4) is 0 Å². The van der Waals surface area contributed by atoms with Gasteiger partial charge < -0.3 is 16.6 Å². The molecule has 0 heterocycles. The Morgan fingerprint density at radius 2 is 1.73 bits per heavy atom. The van der Waals surface area contributed by atoms with Gasteiger partial charge in [-0.3, -0.25) is 0 Å². The quantitative estimate of drug-likeness (QED) is 0.656. The van der Waals surface area contributed by atoms with Gasteiger partial charge in [0, 0.05) is 11.7 Å². The van der Waals surface area contributed by atoms with Gasteiger partial charge in [0.2, 0.25) is 0 Å². The Hall–Kier alpha value is -1.06. The van der Waals surface area contributed by atoms with E-state index in [4.69, 9.17) is 11.5 Å². The van der Waals surface area contributed by atoms with Crippen molar-refractivity contribution >= 4 is 5.69 Å². The van der Waals surface area contributed by atoms with Gasteiger partial charge in [-0.1, -0.05) is 19.1 Å². The highest BCUT2D eigenvalue weighted by Crippen LogP contribution is 2.22. The standard InChI is InChI=1S/C12H20N2O/c1-8(7-12(15)9(2)13)10-3-5-11(14)6-4-10/h3-6,8-9,12,15H,7,13-14H2,1-2H3. The largest absolute Gasteiger partial charge is 0.399 e. The molecule has 1 aromatic carbocycles. The van der Waals surface area contributed by atoms with Crippen molar-refractivity contribution in [3.8, 4) is 0 Å². The van der Waals surface area contributed by atoms with Crippen molar-refractivity contribution in [3.63, 3.8) is 0 Å². The summed E-state index contributed by atoms with van der Waals surface area (Å²) in [5.74, 6) is 0.298. The lowest BCUT2D eigenvalue weighted by molar-refractivity contribution is 0.134. The van der Waals surface area contributed by atoms with Gasteiger partial charge in [0.1, 0.15) is 0 Å². The zero-order chi connectivity index (χ0) is 11.4. The molecule has 0 radical (unpaired) electrons. The smallest absolute Gasteiger partial charge is 0.0694 e. The summed E-state index contributed by atoms with van der Waals surface area (Å²) < 4.78 is 0. The molecule has 0 aliphatic heterocycles. The summed E-state index contributed by atoms with van der Waals surface area (Å²) in [7, 11) is 0. The van der Waals surface area contributed by atoms with Gasteiger partial charge in [0.25, 0.3) is 0 Å². The van der Waals surface area contributed by atoms with E-state index in [1.165, 1.54) is 5.56 Å². The minimum Gasteiger partial charge on any atom is -0.399 e. The third-order valence-corrected chi connectivity index (χ3v) is 2.71. The molecule has 0 saturated carbocycles. The van der Waals surface area contributed by atoms with Crippen LogP contribution in [0.15, 0.2) is 24.3 Å². The summed E-state index contributed by atoms with van der Waals surface area (Å²) >= 11 is 0. The maximum absolute atomic E-state index is 9.66. The molecule has 84 valence electrons. The highest BCUT2D eigenvalue weighted by molar-refractivity contribution is 5.40. The van der Waals surface area contributed by atoms with E-state index in [-0.39, 0.29) is 6.04 Å². The van der Waals surface area contributed by atoms with E-state index in [1.54, 1.807) is 0 Å². The molecule has 5 N–H and O–H groups in total. The monoisotopic (exact) mass is 208 g/mol. The van der Waals surface area contributed by atoms with Crippen LogP contribution < -0.4 is 11.5 Å². The molecule has 0 saturated heterocycles. The Morgan fingerprint density at radius 1 is 1.20 bits per heavy atom. The van der Waals surface area contributed by atoms with Crippen LogP contribution in [0.25, 0.3) is 0 Å². The molecule has 0 fully saturated rings. The van der Waals surface area contributed by atoms with Crippen molar-refractivity contribution < 1.29 is 5.11 Å². The first-order valence-corrected chi connectivity index (χ1v) is 5.29. The third kappa shape index (κ3) is 3.53. The first-order chi connectivity index (χ1) is 7.00. The molecule has 0 amide bonds. The first-order valence-electron chi connectivity index (χ1n) is 5.29. The summed E-state index contributed by atoms with van der Waals surface area (Å²) in [4.78, 5) is 0. The number of hydrogen-bond donors (Lipinski definition) is 3. The minimum atomic E-state index is -0.447. The predicted octanol–water partition coefficient (Wildman–Crippen LogP) is 1.47. The lowest BCUT2D eigenvalue weighted by Gasteiger charge is -2.19. The molecule has 1 rings (SSSR count). The van der Waals surface area contributed by atoms with E-state index < -0.39 is 6.10 Å². The van der Waals surface area contributed by atoms with Crippen LogP contribution in [0.2, 0.25) is 0 Å². The van der Waals surface area contributed by atoms with E-state index in [0.29, 0.717) is 12.3 Å². The number of aliphatic hydroxyl groups is 1. The summed E-state index contributed by atoms with van der Waals surface area (Å²) in [6.07, 6.45) is 0.235. The molecular weight excluding hydrogens is 188 g/mol. The number of nitrogen functional groups attached to an aromatic ring is 1. The molecule has 1 aromatic rings. The van der Waals surface area contributed by atoms with Crippen molar-refractivity contribution in [1.82, 2.24) is 0 Å². The number of anilines is 1. The van der Waals surface area contributed by atoms with Crippen molar-refractivity contribution in [1.29, 1.82) is 0 Å². The second-order valence-electron chi connectivity index (χ2n) is 4.23. The molecule has 0 aliphatic carbocycles. The van der Waals surface area contributed by atoms with Gasteiger partial charge in [-0.25, -0.2) is 0 Å². The lowest BCUT2D eigenvalue weighted by atomic mass is 9.93. The van der Waals surface area contributed by atoms with Gasteiger partial charge >= 0.3 is 0 Å². The second-order valence-corrected chi connectivity index (χ2v) is 4.23. The van der Waals surface area contributed by atoms with Gasteiger partial charge in [-0.2, -0.15) is 0 Å². The number of rotatable bonds is 4. The van der Waals surface area contributed by atoms with Gasteiger partial charge in [0.05, 0.1) is 6.10 Å². The highest BCUT2D eigenvalue weighted by Gasteiger charge is 2.15. The number of nitrogens with two attached hydrogens (primary N) is 2. The van der Waals surface area contributed by atoms with Gasteiger partial charge in [-0.15, -0.1) is 0 Å². The summed E-state index contributed by atoms with van der Waals surface area (Å²) in [5.41, 5.74) is 13.2. The van der Waals surface area contributed by atoms with Gasteiger partial charge in [0.15, 0.2) is 0 Å². The van der Waals surface area contributed by atoms with Crippen LogP contribution in [0, 0.1) is 0 Å². The first kappa shape index (κ1) is 12.0. The second kappa shape index (κ2) is 5.14. The fourth-order valence-corrected chi connectivity index (χ4v) is 1.54. The number of aliphatic hydroxyl groups excluding tert-OH is 1. The maximum atomic E-state index is 9.66. The van der Waals surface area contributed by atoms with E-state index in [9.17, 15) is 5.11 Å². The summed E-state index contributed by atoms with van der Waals surface area (Å²) in [6.45, 7) is 3.90. The third-order valence-electron chi connectivity index (χ3n) is 2.71. The van der Waals surface area contributed by atoms with Crippen LogP contribution >= 0.6 is 0 Å². The van der Waals surface area contributed by atoms with Crippen molar-refractivity contribution in [2.75, 3.05) is 5.73 Å². The van der Waals surface area contributed by atoms with Crippen molar-refractivity contribution in [3.05, 3.63) is 29.8 Å². The molecule has 0 aromatic heterocycles. The molecule has 0 spiro atoms. The van der Waals surface area contributed by atoms with Crippen molar-refractivity contribution in [2.24, 2.45) is 5.73 Å². The van der Waals surface area contributed by atoms with Crippen LogP contribution in [0.4, 0.5) is 5.69 Å².